The number of carboxylic acids is 1. The van der Waals surface area contributed by atoms with E-state index < -0.39 is 17.9 Å². The lowest BCUT2D eigenvalue weighted by atomic mass is 10.1. The predicted octanol–water partition coefficient (Wildman–Crippen LogP) is 2.11. The third kappa shape index (κ3) is 4.33. The Morgan fingerprint density at radius 1 is 1.50 bits per heavy atom. The van der Waals surface area contributed by atoms with E-state index in [1.807, 2.05) is 6.92 Å². The van der Waals surface area contributed by atoms with E-state index in [0.717, 1.165) is 12.8 Å². The maximum absolute atomic E-state index is 11.8. The normalized spacial score (nSPS) is 11.9. The summed E-state index contributed by atoms with van der Waals surface area (Å²) in [5, 5.41) is 11.8. The lowest BCUT2D eigenvalue weighted by Gasteiger charge is -2.13. The smallest absolute Gasteiger partial charge is 0.326 e. The van der Waals surface area contributed by atoms with Gasteiger partial charge in [-0.15, -0.1) is 0 Å². The summed E-state index contributed by atoms with van der Waals surface area (Å²) in [7, 11) is 0. The van der Waals surface area contributed by atoms with Gasteiger partial charge >= 0.3 is 5.97 Å². The number of hydrogen-bond acceptors (Lipinski definition) is 3. The van der Waals surface area contributed by atoms with Gasteiger partial charge in [0.2, 0.25) is 0 Å². The molecular weight excluding hydrogens is 256 g/mol. The van der Waals surface area contributed by atoms with Crippen LogP contribution in [0.2, 0.25) is 5.02 Å². The molecule has 1 atom stereocenters. The molecule has 0 saturated carbocycles. The predicted molar refractivity (Wildman–Crippen MR) is 67.7 cm³/mol. The van der Waals surface area contributed by atoms with Gasteiger partial charge in [0.25, 0.3) is 5.91 Å². The van der Waals surface area contributed by atoms with Crippen LogP contribution in [-0.2, 0) is 4.79 Å². The summed E-state index contributed by atoms with van der Waals surface area (Å²) in [4.78, 5) is 26.6. The third-order valence-corrected chi connectivity index (χ3v) is 2.63. The maximum Gasteiger partial charge on any atom is 0.326 e. The number of unbranched alkanes of at least 4 members (excludes halogenated alkanes) is 1. The molecule has 0 aliphatic carbocycles. The second-order valence-electron chi connectivity index (χ2n) is 3.87. The average Bonchev–Trinajstić information content (AvgIpc) is 2.34. The number of carboxylic acid groups (broad SMARTS) is 1. The first-order chi connectivity index (χ1) is 8.54. The molecule has 1 rings (SSSR count). The van der Waals surface area contributed by atoms with E-state index in [1.54, 1.807) is 0 Å². The molecule has 5 nitrogen and oxygen atoms in total. The van der Waals surface area contributed by atoms with Gasteiger partial charge in [-0.25, -0.2) is 9.78 Å². The Morgan fingerprint density at radius 3 is 2.72 bits per heavy atom. The summed E-state index contributed by atoms with van der Waals surface area (Å²) in [6, 6.07) is 2.11. The van der Waals surface area contributed by atoms with Crippen LogP contribution in [0.4, 0.5) is 0 Å². The highest BCUT2D eigenvalue weighted by atomic mass is 35.5. The van der Waals surface area contributed by atoms with Crippen LogP contribution in [0.15, 0.2) is 18.3 Å². The molecule has 0 aliphatic rings. The highest BCUT2D eigenvalue weighted by Crippen LogP contribution is 2.07. The number of nitrogens with one attached hydrogen (secondary N) is 1. The number of halogens is 1. The molecule has 18 heavy (non-hydrogen) atoms. The van der Waals surface area contributed by atoms with Crippen LogP contribution < -0.4 is 5.32 Å². The van der Waals surface area contributed by atoms with Crippen molar-refractivity contribution in [1.82, 2.24) is 10.3 Å². The molecule has 2 N–H and O–H groups in total. The quantitative estimate of drug-likeness (QED) is 0.830. The Balaban J connectivity index is 2.66. The molecular formula is C12H15ClN2O3. The Bertz CT molecular complexity index is 420. The van der Waals surface area contributed by atoms with Gasteiger partial charge in [-0.3, -0.25) is 4.79 Å². The van der Waals surface area contributed by atoms with Crippen molar-refractivity contribution in [2.75, 3.05) is 0 Å². The summed E-state index contributed by atoms with van der Waals surface area (Å²) in [6.45, 7) is 1.96. The first kappa shape index (κ1) is 14.4. The van der Waals surface area contributed by atoms with Gasteiger partial charge in [0.05, 0.1) is 5.02 Å². The van der Waals surface area contributed by atoms with Gasteiger partial charge in [-0.2, -0.15) is 0 Å². The van der Waals surface area contributed by atoms with E-state index in [0.29, 0.717) is 11.4 Å². The van der Waals surface area contributed by atoms with Crippen molar-refractivity contribution in [3.05, 3.63) is 29.0 Å². The van der Waals surface area contributed by atoms with Crippen molar-refractivity contribution in [1.29, 1.82) is 0 Å². The highest BCUT2D eigenvalue weighted by molar-refractivity contribution is 6.30. The molecule has 1 heterocycles. The molecule has 6 heteroatoms. The van der Waals surface area contributed by atoms with Crippen LogP contribution >= 0.6 is 11.6 Å². The summed E-state index contributed by atoms with van der Waals surface area (Å²) >= 11 is 5.65. The number of pyridine rings is 1. The number of nitrogens with zero attached hydrogens (tertiary/aromatic N) is 1. The molecule has 0 unspecified atom stereocenters. The van der Waals surface area contributed by atoms with Crippen molar-refractivity contribution < 1.29 is 14.7 Å². The lowest BCUT2D eigenvalue weighted by Crippen LogP contribution is -2.41. The number of hydrogen-bond donors (Lipinski definition) is 2. The van der Waals surface area contributed by atoms with Crippen LogP contribution in [0, 0.1) is 0 Å². The third-order valence-electron chi connectivity index (χ3n) is 2.41. The zero-order chi connectivity index (χ0) is 13.5. The van der Waals surface area contributed by atoms with Crippen molar-refractivity contribution in [2.24, 2.45) is 0 Å². The minimum atomic E-state index is -1.04. The van der Waals surface area contributed by atoms with Crippen molar-refractivity contribution in [3.63, 3.8) is 0 Å². The van der Waals surface area contributed by atoms with Crippen LogP contribution in [0.3, 0.4) is 0 Å². The van der Waals surface area contributed by atoms with Gasteiger partial charge in [0.1, 0.15) is 11.7 Å². The molecule has 0 bridgehead atoms. The van der Waals surface area contributed by atoms with E-state index in [1.165, 1.54) is 18.3 Å². The Kier molecular flexibility index (Phi) is 5.58. The first-order valence-electron chi connectivity index (χ1n) is 5.69. The molecule has 1 amide bonds. The summed E-state index contributed by atoms with van der Waals surface area (Å²) in [6.07, 6.45) is 3.37. The standard InChI is InChI=1S/C12H15ClN2O3/c1-2-3-4-10(12(17)18)15-11(16)9-6-5-8(13)7-14-9/h5-7,10H,2-4H2,1H3,(H,15,16)(H,17,18)/t10-/m0/s1. The topological polar surface area (TPSA) is 79.3 Å². The molecule has 0 radical (unpaired) electrons. The van der Waals surface area contributed by atoms with Crippen LogP contribution in [0.1, 0.15) is 36.7 Å². The zero-order valence-electron chi connectivity index (χ0n) is 10.0. The number of carbonyl (C=O) groups is 2. The molecule has 0 saturated heterocycles. The lowest BCUT2D eigenvalue weighted by molar-refractivity contribution is -0.139. The Hall–Kier alpha value is -1.62. The van der Waals surface area contributed by atoms with Gasteiger partial charge in [0, 0.05) is 6.20 Å². The Labute approximate surface area is 110 Å². The van der Waals surface area contributed by atoms with Crippen LogP contribution in [0.5, 0.6) is 0 Å². The van der Waals surface area contributed by atoms with Crippen molar-refractivity contribution in [3.8, 4) is 0 Å². The Morgan fingerprint density at radius 2 is 2.22 bits per heavy atom. The van der Waals surface area contributed by atoms with Crippen LogP contribution in [0.25, 0.3) is 0 Å². The molecule has 98 valence electrons. The summed E-state index contributed by atoms with van der Waals surface area (Å²) < 4.78 is 0. The zero-order valence-corrected chi connectivity index (χ0v) is 10.8. The number of aromatic nitrogens is 1. The van der Waals surface area contributed by atoms with E-state index in [2.05, 4.69) is 10.3 Å². The van der Waals surface area contributed by atoms with E-state index >= 15 is 0 Å². The van der Waals surface area contributed by atoms with Gasteiger partial charge in [0.15, 0.2) is 0 Å². The van der Waals surface area contributed by atoms with Crippen LogP contribution in [-0.4, -0.2) is 28.0 Å². The first-order valence-corrected chi connectivity index (χ1v) is 6.07. The molecule has 0 fully saturated rings. The van der Waals surface area contributed by atoms with Crippen molar-refractivity contribution >= 4 is 23.5 Å². The fourth-order valence-corrected chi connectivity index (χ4v) is 1.52. The minimum Gasteiger partial charge on any atom is -0.480 e. The van der Waals surface area contributed by atoms with Gasteiger partial charge in [-0.05, 0) is 18.6 Å². The molecule has 0 spiro atoms. The summed E-state index contributed by atoms with van der Waals surface area (Å²) in [5.41, 5.74) is 0.155. The summed E-state index contributed by atoms with van der Waals surface area (Å²) in [5.74, 6) is -1.54. The van der Waals surface area contributed by atoms with E-state index in [-0.39, 0.29) is 5.69 Å². The fourth-order valence-electron chi connectivity index (χ4n) is 1.41. The second-order valence-corrected chi connectivity index (χ2v) is 4.30. The van der Waals surface area contributed by atoms with Gasteiger partial charge < -0.3 is 10.4 Å². The van der Waals surface area contributed by atoms with E-state index in [4.69, 9.17) is 16.7 Å². The number of aliphatic carboxylic acids is 1. The fraction of sp³-hybridized carbons (Fsp3) is 0.417. The highest BCUT2D eigenvalue weighted by Gasteiger charge is 2.20. The number of rotatable bonds is 6. The number of amides is 1. The minimum absolute atomic E-state index is 0.155. The largest absolute Gasteiger partial charge is 0.480 e. The number of carbonyl (C=O) groups excluding carboxylic acids is 1. The monoisotopic (exact) mass is 270 g/mol. The average molecular weight is 271 g/mol. The van der Waals surface area contributed by atoms with Crippen molar-refractivity contribution in [2.45, 2.75) is 32.2 Å². The molecule has 1 aromatic heterocycles. The SMILES string of the molecule is CCCC[C@H](NC(=O)c1ccc(Cl)cn1)C(=O)O. The van der Waals surface area contributed by atoms with E-state index in [9.17, 15) is 9.59 Å². The molecule has 0 aromatic carbocycles. The maximum atomic E-state index is 11.8. The molecule has 1 aromatic rings. The second kappa shape index (κ2) is 6.96. The van der Waals surface area contributed by atoms with Gasteiger partial charge in [-0.1, -0.05) is 31.4 Å². The molecule has 0 aliphatic heterocycles.